The first-order valence-electron chi connectivity index (χ1n) is 14.6. The lowest BCUT2D eigenvalue weighted by Crippen LogP contribution is -2.59. The Morgan fingerprint density at radius 1 is 0.911 bits per heavy atom. The van der Waals surface area contributed by atoms with Gasteiger partial charge in [0, 0.05) is 23.1 Å². The van der Waals surface area contributed by atoms with Gasteiger partial charge in [0.05, 0.1) is 12.1 Å². The van der Waals surface area contributed by atoms with E-state index in [1.54, 1.807) is 24.3 Å². The minimum atomic E-state index is -3.52. The predicted octanol–water partition coefficient (Wildman–Crippen LogP) is 2.05. The number of amides is 3. The fraction of sp³-hybridized carbons (Fsp3) is 0.452. The van der Waals surface area contributed by atoms with E-state index >= 15 is 0 Å². The van der Waals surface area contributed by atoms with E-state index in [9.17, 15) is 27.9 Å². The molecule has 0 aliphatic rings. The molecule has 0 saturated heterocycles. The third kappa shape index (κ3) is 13.5. The molecule has 244 valence electrons. The molecule has 2 aromatic carbocycles. The van der Waals surface area contributed by atoms with Gasteiger partial charge in [0.2, 0.25) is 17.7 Å². The van der Waals surface area contributed by atoms with Gasteiger partial charge in [-0.3, -0.25) is 14.4 Å². The molecule has 6 N–H and O–H groups in total. The molecule has 3 amide bonds. The molecule has 0 spiro atoms. The zero-order valence-electron chi connectivity index (χ0n) is 26.0. The third-order valence-corrected chi connectivity index (χ3v) is 7.42. The van der Waals surface area contributed by atoms with Crippen LogP contribution in [0.1, 0.15) is 43.9 Å². The summed E-state index contributed by atoms with van der Waals surface area (Å²) in [4.78, 5) is 42.8. The SMILES string of the molecule is CC(C)C[C@H](NC(=O)[C@H](Cc1ccccc1)N=[N+]=[N-])C(=O)N[C@H](C(=O)N[C@H](/C=C/S(C)(=O)=O)Cc1ccc(CN)cc1)[C@@H](C)O. The maximum absolute atomic E-state index is 13.4. The highest BCUT2D eigenvalue weighted by atomic mass is 32.2. The molecule has 0 radical (unpaired) electrons. The number of sulfone groups is 1. The van der Waals surface area contributed by atoms with E-state index < -0.39 is 57.8 Å². The highest BCUT2D eigenvalue weighted by molar-refractivity contribution is 7.93. The maximum atomic E-state index is 13.4. The van der Waals surface area contributed by atoms with Crippen LogP contribution in [0.15, 0.2) is 71.2 Å². The molecule has 45 heavy (non-hydrogen) atoms. The molecule has 0 bridgehead atoms. The molecule has 0 heterocycles. The van der Waals surface area contributed by atoms with Crippen molar-refractivity contribution in [3.05, 3.63) is 93.2 Å². The Hall–Kier alpha value is -4.23. The minimum absolute atomic E-state index is 0.0527. The van der Waals surface area contributed by atoms with Crippen molar-refractivity contribution in [3.8, 4) is 0 Å². The van der Waals surface area contributed by atoms with Gasteiger partial charge >= 0.3 is 0 Å². The van der Waals surface area contributed by atoms with E-state index in [0.29, 0.717) is 6.54 Å². The topological polar surface area (TPSA) is 216 Å². The molecule has 0 fully saturated rings. The highest BCUT2D eigenvalue weighted by Crippen LogP contribution is 2.12. The van der Waals surface area contributed by atoms with Crippen molar-refractivity contribution in [3.63, 3.8) is 0 Å². The molecular formula is C31H43N7O6S. The van der Waals surface area contributed by atoms with Crippen LogP contribution in [-0.4, -0.2) is 67.8 Å². The first kappa shape index (κ1) is 37.0. The quantitative estimate of drug-likeness (QED) is 0.0983. The van der Waals surface area contributed by atoms with Crippen molar-refractivity contribution in [1.29, 1.82) is 0 Å². The Kier molecular flexibility index (Phi) is 14.7. The fourth-order valence-electron chi connectivity index (χ4n) is 4.46. The summed E-state index contributed by atoms with van der Waals surface area (Å²) < 4.78 is 23.6. The molecule has 5 atom stereocenters. The van der Waals surface area contributed by atoms with E-state index in [0.717, 1.165) is 28.4 Å². The number of carbonyl (C=O) groups is 3. The van der Waals surface area contributed by atoms with E-state index in [2.05, 4.69) is 26.0 Å². The molecule has 13 nitrogen and oxygen atoms in total. The van der Waals surface area contributed by atoms with E-state index in [-0.39, 0.29) is 25.2 Å². The van der Waals surface area contributed by atoms with Gasteiger partial charge in [0.15, 0.2) is 9.84 Å². The van der Waals surface area contributed by atoms with Gasteiger partial charge in [-0.1, -0.05) is 79.6 Å². The summed E-state index contributed by atoms with van der Waals surface area (Å²) in [5.74, 6) is -2.20. The van der Waals surface area contributed by atoms with Crippen LogP contribution in [0.5, 0.6) is 0 Å². The van der Waals surface area contributed by atoms with Gasteiger partial charge in [-0.25, -0.2) is 8.42 Å². The number of carbonyl (C=O) groups excluding carboxylic acids is 3. The van der Waals surface area contributed by atoms with Crippen molar-refractivity contribution in [2.45, 2.75) is 76.8 Å². The van der Waals surface area contributed by atoms with Crippen molar-refractivity contribution >= 4 is 27.6 Å². The smallest absolute Gasteiger partial charge is 0.245 e. The average Bonchev–Trinajstić information content (AvgIpc) is 2.98. The summed E-state index contributed by atoms with van der Waals surface area (Å²) >= 11 is 0. The van der Waals surface area contributed by atoms with Crippen molar-refractivity contribution in [2.75, 3.05) is 6.26 Å². The number of hydrogen-bond donors (Lipinski definition) is 5. The molecule has 2 aromatic rings. The zero-order chi connectivity index (χ0) is 33.6. The zero-order valence-corrected chi connectivity index (χ0v) is 26.8. The monoisotopic (exact) mass is 641 g/mol. The van der Waals surface area contributed by atoms with Gasteiger partial charge in [0.25, 0.3) is 0 Å². The van der Waals surface area contributed by atoms with Crippen LogP contribution in [0, 0.1) is 5.92 Å². The van der Waals surface area contributed by atoms with Gasteiger partial charge in [-0.15, -0.1) is 0 Å². The van der Waals surface area contributed by atoms with Crippen LogP contribution in [0.3, 0.4) is 0 Å². The number of nitrogens with one attached hydrogen (secondary N) is 3. The molecular weight excluding hydrogens is 598 g/mol. The summed E-state index contributed by atoms with van der Waals surface area (Å²) in [6, 6.07) is 11.7. The first-order chi connectivity index (χ1) is 21.2. The second-order valence-electron chi connectivity index (χ2n) is 11.3. The number of rotatable bonds is 17. The van der Waals surface area contributed by atoms with Crippen LogP contribution in [0.2, 0.25) is 0 Å². The number of aliphatic hydroxyl groups excluding tert-OH is 1. The standard InChI is InChI=1S/C31H43N7O6S/c1-20(2)16-26(35-30(41)27(37-38-33)18-22-8-6-5-7-9-22)29(40)36-28(21(3)39)31(42)34-25(14-15-45(4,43)44)17-23-10-12-24(19-32)13-11-23/h5-15,20-21,25-28,39H,16-19,32H2,1-4H3,(H,34,42)(H,35,41)(H,36,40)/b15-14+/t21-,25-,26+,27+,28+/m1/s1. The summed E-state index contributed by atoms with van der Waals surface area (Å²) in [6.45, 7) is 5.37. The van der Waals surface area contributed by atoms with Gasteiger partial charge in [0.1, 0.15) is 18.1 Å². The fourth-order valence-corrected chi connectivity index (χ4v) is 4.93. The number of benzene rings is 2. The van der Waals surface area contributed by atoms with Crippen molar-refractivity contribution in [1.82, 2.24) is 16.0 Å². The summed E-state index contributed by atoms with van der Waals surface area (Å²) in [6.07, 6.45) is 1.53. The molecule has 0 aromatic heterocycles. The summed E-state index contributed by atoms with van der Waals surface area (Å²) in [5, 5.41) is 22.9. The van der Waals surface area contributed by atoms with E-state index in [1.165, 1.54) is 13.0 Å². The van der Waals surface area contributed by atoms with E-state index in [1.807, 2.05) is 44.2 Å². The average molecular weight is 642 g/mol. The Balaban J connectivity index is 2.24. The second kappa shape index (κ2) is 17.9. The lowest BCUT2D eigenvalue weighted by Gasteiger charge is -2.27. The van der Waals surface area contributed by atoms with Crippen LogP contribution >= 0.6 is 0 Å². The van der Waals surface area contributed by atoms with Gasteiger partial charge in [-0.05, 0) is 54.3 Å². The Bertz CT molecular complexity index is 1460. The van der Waals surface area contributed by atoms with Crippen molar-refractivity contribution < 1.29 is 27.9 Å². The minimum Gasteiger partial charge on any atom is -0.391 e. The second-order valence-corrected chi connectivity index (χ2v) is 13.3. The van der Waals surface area contributed by atoms with Crippen LogP contribution < -0.4 is 21.7 Å². The lowest BCUT2D eigenvalue weighted by molar-refractivity contribution is -0.134. The van der Waals surface area contributed by atoms with Crippen LogP contribution in [0.4, 0.5) is 0 Å². The maximum Gasteiger partial charge on any atom is 0.245 e. The molecule has 2 rings (SSSR count). The Morgan fingerprint density at radius 3 is 2.04 bits per heavy atom. The normalized spacial score (nSPS) is 14.9. The first-order valence-corrected chi connectivity index (χ1v) is 16.5. The molecule has 0 unspecified atom stereocenters. The number of azide groups is 1. The number of hydrogen-bond acceptors (Lipinski definition) is 8. The van der Waals surface area contributed by atoms with Crippen LogP contribution in [0.25, 0.3) is 10.4 Å². The Morgan fingerprint density at radius 2 is 1.51 bits per heavy atom. The van der Waals surface area contributed by atoms with Crippen molar-refractivity contribution in [2.24, 2.45) is 16.8 Å². The highest BCUT2D eigenvalue weighted by Gasteiger charge is 2.32. The largest absolute Gasteiger partial charge is 0.391 e. The number of nitrogens with zero attached hydrogens (tertiary/aromatic N) is 3. The molecule has 0 aliphatic heterocycles. The number of nitrogens with two attached hydrogens (primary N) is 1. The summed E-state index contributed by atoms with van der Waals surface area (Å²) in [7, 11) is -3.52. The lowest BCUT2D eigenvalue weighted by atomic mass is 10.0. The molecule has 0 aliphatic carbocycles. The molecule has 14 heteroatoms. The van der Waals surface area contributed by atoms with Gasteiger partial charge < -0.3 is 26.8 Å². The predicted molar refractivity (Wildman–Crippen MR) is 172 cm³/mol. The van der Waals surface area contributed by atoms with Gasteiger partial charge in [-0.2, -0.15) is 0 Å². The number of aliphatic hydroxyl groups is 1. The summed E-state index contributed by atoms with van der Waals surface area (Å²) in [5.41, 5.74) is 17.2. The van der Waals surface area contributed by atoms with E-state index in [4.69, 9.17) is 11.3 Å². The van der Waals surface area contributed by atoms with Crippen LogP contribution in [-0.2, 0) is 43.6 Å². The Labute approximate surface area is 264 Å². The molecule has 0 saturated carbocycles. The third-order valence-electron chi connectivity index (χ3n) is 6.77.